The van der Waals surface area contributed by atoms with Gasteiger partial charge in [0.25, 0.3) is 0 Å². The zero-order valence-corrected chi connectivity index (χ0v) is 12.0. The first kappa shape index (κ1) is 14.0. The van der Waals surface area contributed by atoms with Crippen LogP contribution in [-0.2, 0) is 16.0 Å². The van der Waals surface area contributed by atoms with Crippen LogP contribution in [0.15, 0.2) is 0 Å². The van der Waals surface area contributed by atoms with E-state index >= 15 is 0 Å². The van der Waals surface area contributed by atoms with Crippen molar-refractivity contribution >= 4 is 5.97 Å². The van der Waals surface area contributed by atoms with E-state index in [9.17, 15) is 4.79 Å². The topological polar surface area (TPSA) is 66.2 Å². The highest BCUT2D eigenvalue weighted by molar-refractivity contribution is 5.88. The summed E-state index contributed by atoms with van der Waals surface area (Å²) < 4.78 is 12.6. The largest absolute Gasteiger partial charge is 0.461 e. The molecule has 106 valence electrons. The smallest absolute Gasteiger partial charge is 0.360 e. The summed E-state index contributed by atoms with van der Waals surface area (Å²) in [5, 5.41) is 7.91. The van der Waals surface area contributed by atoms with Crippen molar-refractivity contribution in [1.82, 2.24) is 15.0 Å². The minimum absolute atomic E-state index is 0.0663. The van der Waals surface area contributed by atoms with Crippen LogP contribution in [0.2, 0.25) is 0 Å². The van der Waals surface area contributed by atoms with Gasteiger partial charge in [0.05, 0.1) is 30.6 Å². The van der Waals surface area contributed by atoms with Crippen LogP contribution in [0.1, 0.15) is 49.8 Å². The SMILES string of the molecule is CCOC(=O)c1nnn(CC2CCC(C)(C)O2)c1C. The second-order valence-electron chi connectivity index (χ2n) is 5.46. The van der Waals surface area contributed by atoms with Gasteiger partial charge in [0.1, 0.15) is 0 Å². The number of rotatable bonds is 4. The molecule has 1 atom stereocenters. The summed E-state index contributed by atoms with van der Waals surface area (Å²) in [5.41, 5.74) is 0.953. The highest BCUT2D eigenvalue weighted by Crippen LogP contribution is 2.30. The standard InChI is InChI=1S/C13H21N3O3/c1-5-18-12(17)11-9(2)16(15-14-11)8-10-6-7-13(3,4)19-10/h10H,5-8H2,1-4H3. The fourth-order valence-corrected chi connectivity index (χ4v) is 2.32. The molecule has 1 unspecified atom stereocenters. The summed E-state index contributed by atoms with van der Waals surface area (Å²) in [6.45, 7) is 8.74. The minimum atomic E-state index is -0.418. The molecule has 0 saturated carbocycles. The average Bonchev–Trinajstić information content (AvgIpc) is 2.84. The van der Waals surface area contributed by atoms with Crippen molar-refractivity contribution < 1.29 is 14.3 Å². The number of hydrogen-bond donors (Lipinski definition) is 0. The van der Waals surface area contributed by atoms with E-state index in [4.69, 9.17) is 9.47 Å². The summed E-state index contributed by atoms with van der Waals surface area (Å²) in [7, 11) is 0. The normalized spacial score (nSPS) is 21.6. The first-order chi connectivity index (χ1) is 8.93. The Hall–Kier alpha value is -1.43. The Morgan fingerprint density at radius 3 is 2.89 bits per heavy atom. The molecule has 0 spiro atoms. The highest BCUT2D eigenvalue weighted by Gasteiger charge is 2.32. The van der Waals surface area contributed by atoms with Crippen LogP contribution in [0, 0.1) is 6.92 Å². The van der Waals surface area contributed by atoms with Gasteiger partial charge >= 0.3 is 5.97 Å². The van der Waals surface area contributed by atoms with Crippen LogP contribution in [0.5, 0.6) is 0 Å². The van der Waals surface area contributed by atoms with E-state index < -0.39 is 5.97 Å². The molecule has 1 aromatic rings. The van der Waals surface area contributed by atoms with E-state index in [1.165, 1.54) is 0 Å². The quantitative estimate of drug-likeness (QED) is 0.777. The lowest BCUT2D eigenvalue weighted by molar-refractivity contribution is -0.0234. The molecule has 0 aliphatic carbocycles. The fraction of sp³-hybridized carbons (Fsp3) is 0.769. The average molecular weight is 267 g/mol. The van der Waals surface area contributed by atoms with Crippen LogP contribution < -0.4 is 0 Å². The number of hydrogen-bond acceptors (Lipinski definition) is 5. The number of ether oxygens (including phenoxy) is 2. The molecule has 2 rings (SSSR count). The molecule has 1 aromatic heterocycles. The van der Waals surface area contributed by atoms with Gasteiger partial charge in [-0.1, -0.05) is 5.21 Å². The number of nitrogens with zero attached hydrogens (tertiary/aromatic N) is 3. The van der Waals surface area contributed by atoms with Gasteiger partial charge in [-0.25, -0.2) is 9.48 Å². The predicted octanol–water partition coefficient (Wildman–Crippen LogP) is 1.72. The van der Waals surface area contributed by atoms with Gasteiger partial charge < -0.3 is 9.47 Å². The summed E-state index contributed by atoms with van der Waals surface area (Å²) in [6, 6.07) is 0. The van der Waals surface area contributed by atoms with E-state index in [0.29, 0.717) is 18.8 Å². The number of esters is 1. The monoisotopic (exact) mass is 267 g/mol. The number of aromatic nitrogens is 3. The lowest BCUT2D eigenvalue weighted by Crippen LogP contribution is -2.23. The van der Waals surface area contributed by atoms with Gasteiger partial charge in [0, 0.05) is 0 Å². The molecule has 6 heteroatoms. The Morgan fingerprint density at radius 2 is 2.32 bits per heavy atom. The van der Waals surface area contributed by atoms with Gasteiger partial charge in [0.15, 0.2) is 5.69 Å². The number of carbonyl (C=O) groups is 1. The van der Waals surface area contributed by atoms with Crippen molar-refractivity contribution in [2.45, 2.75) is 58.8 Å². The lowest BCUT2D eigenvalue weighted by Gasteiger charge is -2.19. The Balaban J connectivity index is 2.04. The molecule has 2 heterocycles. The van der Waals surface area contributed by atoms with Crippen LogP contribution in [0.3, 0.4) is 0 Å². The molecule has 0 aromatic carbocycles. The Bertz CT molecular complexity index is 468. The molecule has 0 radical (unpaired) electrons. The van der Waals surface area contributed by atoms with Gasteiger partial charge in [0.2, 0.25) is 0 Å². The Morgan fingerprint density at radius 1 is 1.58 bits per heavy atom. The Kier molecular flexibility index (Phi) is 3.89. The summed E-state index contributed by atoms with van der Waals surface area (Å²) >= 11 is 0. The lowest BCUT2D eigenvalue weighted by atomic mass is 10.1. The van der Waals surface area contributed by atoms with Gasteiger partial charge in [-0.15, -0.1) is 5.10 Å². The molecule has 1 fully saturated rings. The molecule has 0 N–H and O–H groups in total. The zero-order valence-electron chi connectivity index (χ0n) is 12.0. The molecular weight excluding hydrogens is 246 g/mol. The first-order valence-electron chi connectivity index (χ1n) is 6.68. The van der Waals surface area contributed by atoms with Crippen LogP contribution >= 0.6 is 0 Å². The molecule has 0 amide bonds. The second-order valence-corrected chi connectivity index (χ2v) is 5.46. The maximum atomic E-state index is 11.6. The van der Waals surface area contributed by atoms with E-state index in [-0.39, 0.29) is 11.7 Å². The molecular formula is C13H21N3O3. The first-order valence-corrected chi connectivity index (χ1v) is 6.68. The van der Waals surface area contributed by atoms with Crippen molar-refractivity contribution in [3.8, 4) is 0 Å². The van der Waals surface area contributed by atoms with Crippen LogP contribution in [0.25, 0.3) is 0 Å². The number of carbonyl (C=O) groups excluding carboxylic acids is 1. The summed E-state index contributed by atoms with van der Waals surface area (Å²) in [6.07, 6.45) is 2.17. The third kappa shape index (κ3) is 3.12. The minimum Gasteiger partial charge on any atom is -0.461 e. The second kappa shape index (κ2) is 5.28. The Labute approximate surface area is 113 Å². The van der Waals surface area contributed by atoms with Crippen molar-refractivity contribution in [2.75, 3.05) is 6.61 Å². The van der Waals surface area contributed by atoms with E-state index in [2.05, 4.69) is 24.2 Å². The van der Waals surface area contributed by atoms with Gasteiger partial charge in [-0.3, -0.25) is 0 Å². The van der Waals surface area contributed by atoms with E-state index in [1.807, 2.05) is 6.92 Å². The third-order valence-corrected chi connectivity index (χ3v) is 3.38. The van der Waals surface area contributed by atoms with E-state index in [0.717, 1.165) is 18.5 Å². The van der Waals surface area contributed by atoms with Gasteiger partial charge in [-0.2, -0.15) is 0 Å². The molecule has 19 heavy (non-hydrogen) atoms. The van der Waals surface area contributed by atoms with E-state index in [1.54, 1.807) is 11.6 Å². The highest BCUT2D eigenvalue weighted by atomic mass is 16.5. The maximum Gasteiger partial charge on any atom is 0.360 e. The van der Waals surface area contributed by atoms with Crippen LogP contribution in [-0.4, -0.2) is 39.3 Å². The summed E-state index contributed by atoms with van der Waals surface area (Å²) in [5.74, 6) is -0.418. The van der Waals surface area contributed by atoms with Crippen LogP contribution in [0.4, 0.5) is 0 Å². The molecule has 6 nitrogen and oxygen atoms in total. The predicted molar refractivity (Wildman–Crippen MR) is 68.9 cm³/mol. The van der Waals surface area contributed by atoms with Crippen molar-refractivity contribution in [1.29, 1.82) is 0 Å². The summed E-state index contributed by atoms with van der Waals surface area (Å²) in [4.78, 5) is 11.6. The molecule has 1 aliphatic rings. The molecule has 1 saturated heterocycles. The zero-order chi connectivity index (χ0) is 14.0. The molecule has 1 aliphatic heterocycles. The molecule has 0 bridgehead atoms. The third-order valence-electron chi connectivity index (χ3n) is 3.38. The van der Waals surface area contributed by atoms with Crippen molar-refractivity contribution in [3.05, 3.63) is 11.4 Å². The van der Waals surface area contributed by atoms with Gasteiger partial charge in [-0.05, 0) is 40.5 Å². The maximum absolute atomic E-state index is 11.6. The van der Waals surface area contributed by atoms with Crippen molar-refractivity contribution in [2.24, 2.45) is 0 Å². The fourth-order valence-electron chi connectivity index (χ4n) is 2.32. The van der Waals surface area contributed by atoms with Crippen molar-refractivity contribution in [3.63, 3.8) is 0 Å².